The van der Waals surface area contributed by atoms with E-state index in [0.717, 1.165) is 6.08 Å². The molecule has 0 aromatic carbocycles. The van der Waals surface area contributed by atoms with Gasteiger partial charge in [-0.1, -0.05) is 0 Å². The maximum Gasteiger partial charge on any atom is 0.310 e. The number of hydrogen-bond donors (Lipinski definition) is 1. The minimum absolute atomic E-state index is 0.674. The molecule has 1 atom stereocenters. The van der Waals surface area contributed by atoms with Gasteiger partial charge in [0.25, 0.3) is 0 Å². The van der Waals surface area contributed by atoms with E-state index in [2.05, 4.69) is 0 Å². The Morgan fingerprint density at radius 1 is 1.64 bits per heavy atom. The molecule has 0 radical (unpaired) electrons. The number of carboxylic acid groups (broad SMARTS) is 1. The van der Waals surface area contributed by atoms with Gasteiger partial charge in [0.15, 0.2) is 5.78 Å². The fraction of sp³-hybridized carbons (Fsp3) is 0.333. The minimum Gasteiger partial charge on any atom is -0.481 e. The third-order valence-electron chi connectivity index (χ3n) is 0.847. The number of carboxylic acids is 1. The first-order valence-electron chi connectivity index (χ1n) is 2.67. The molecule has 0 bridgehead atoms. The highest BCUT2D eigenvalue weighted by Crippen LogP contribution is 2.00. The Morgan fingerprint density at radius 3 is 2.55 bits per heavy atom. The highest BCUT2D eigenvalue weighted by atomic mass is 35.5. The quantitative estimate of drug-likeness (QED) is 0.373. The monoisotopic (exact) mass is 176 g/mol. The molecule has 0 saturated heterocycles. The van der Waals surface area contributed by atoms with Gasteiger partial charge in [-0.2, -0.15) is 0 Å². The van der Waals surface area contributed by atoms with Crippen molar-refractivity contribution in [1.29, 1.82) is 0 Å². The molecule has 0 rings (SSSR count). The molecule has 0 spiro atoms. The Hall–Kier alpha value is -1.12. The maximum atomic E-state index is 10.6. The maximum absolute atomic E-state index is 10.6. The average Bonchev–Trinajstić information content (AvgIpc) is 1.86. The fourth-order valence-corrected chi connectivity index (χ4v) is 0.528. The molecule has 5 heteroatoms. The van der Waals surface area contributed by atoms with Crippen molar-refractivity contribution >= 4 is 29.3 Å². The summed E-state index contributed by atoms with van der Waals surface area (Å²) in [5, 5.41) is 6.93. The summed E-state index contributed by atoms with van der Waals surface area (Å²) in [4.78, 5) is 30.2. The first-order chi connectivity index (χ1) is 5.07. The van der Waals surface area contributed by atoms with Crippen LogP contribution in [0.3, 0.4) is 0 Å². The number of hydrogen-bond acceptors (Lipinski definition) is 3. The van der Waals surface area contributed by atoms with Crippen LogP contribution in [0, 0.1) is 0 Å². The third-order valence-corrected chi connectivity index (χ3v) is 1.22. The van der Waals surface area contributed by atoms with Gasteiger partial charge in [-0.25, -0.2) is 4.79 Å². The SMILES string of the molecule is O=C=CC(Cl)C(=O)CC(=O)O. The number of Topliss-reactive ketones (excluding diaryl/α,β-unsaturated/α-hetero) is 1. The van der Waals surface area contributed by atoms with Crippen LogP contribution in [0.5, 0.6) is 0 Å². The molecule has 0 saturated carbocycles. The molecular formula is C6H5ClO4. The summed E-state index contributed by atoms with van der Waals surface area (Å²) >= 11 is 5.24. The number of rotatable bonds is 4. The molecule has 11 heavy (non-hydrogen) atoms. The van der Waals surface area contributed by atoms with Crippen LogP contribution in [-0.4, -0.2) is 28.2 Å². The van der Waals surface area contributed by atoms with Gasteiger partial charge in [0.05, 0.1) is 0 Å². The summed E-state index contributed by atoms with van der Waals surface area (Å²) in [5.74, 6) is -0.683. The van der Waals surface area contributed by atoms with Crippen LogP contribution in [0.2, 0.25) is 0 Å². The first-order valence-corrected chi connectivity index (χ1v) is 3.11. The van der Waals surface area contributed by atoms with Gasteiger partial charge in [0.2, 0.25) is 0 Å². The van der Waals surface area contributed by atoms with Gasteiger partial charge >= 0.3 is 5.97 Å². The lowest BCUT2D eigenvalue weighted by Crippen LogP contribution is -2.16. The van der Waals surface area contributed by atoms with Crippen LogP contribution < -0.4 is 0 Å². The van der Waals surface area contributed by atoms with E-state index in [4.69, 9.17) is 16.7 Å². The minimum atomic E-state index is -1.26. The predicted octanol–water partition coefficient (Wildman–Crippen LogP) is 0.0254. The smallest absolute Gasteiger partial charge is 0.310 e. The highest BCUT2D eigenvalue weighted by molar-refractivity contribution is 6.34. The van der Waals surface area contributed by atoms with Gasteiger partial charge < -0.3 is 5.11 Å². The lowest BCUT2D eigenvalue weighted by molar-refractivity contribution is -0.139. The Balaban J connectivity index is 4.03. The number of carbonyl (C=O) groups excluding carboxylic acids is 2. The van der Waals surface area contributed by atoms with Gasteiger partial charge in [-0.3, -0.25) is 9.59 Å². The number of ketones is 1. The highest BCUT2D eigenvalue weighted by Gasteiger charge is 2.15. The molecule has 0 aliphatic rings. The molecule has 0 aromatic rings. The topological polar surface area (TPSA) is 71.4 Å². The summed E-state index contributed by atoms with van der Waals surface area (Å²) in [7, 11) is 0. The molecule has 0 amide bonds. The van der Waals surface area contributed by atoms with Crippen LogP contribution in [0.1, 0.15) is 6.42 Å². The molecule has 0 aliphatic heterocycles. The van der Waals surface area contributed by atoms with E-state index in [1.54, 1.807) is 0 Å². The van der Waals surface area contributed by atoms with E-state index in [1.807, 2.05) is 0 Å². The predicted molar refractivity (Wildman–Crippen MR) is 37.2 cm³/mol. The van der Waals surface area contributed by atoms with Crippen molar-refractivity contribution in [3.63, 3.8) is 0 Å². The molecule has 1 unspecified atom stereocenters. The summed E-state index contributed by atoms with van der Waals surface area (Å²) in [5.41, 5.74) is 0. The van der Waals surface area contributed by atoms with Crippen molar-refractivity contribution in [3.05, 3.63) is 6.08 Å². The molecule has 4 nitrogen and oxygen atoms in total. The summed E-state index contributed by atoms with van der Waals surface area (Å²) in [6.45, 7) is 0. The normalized spacial score (nSPS) is 11.4. The molecular weight excluding hydrogens is 172 g/mol. The Morgan fingerprint density at radius 2 is 2.18 bits per heavy atom. The van der Waals surface area contributed by atoms with E-state index in [1.165, 1.54) is 5.94 Å². The lowest BCUT2D eigenvalue weighted by atomic mass is 10.2. The second-order valence-electron chi connectivity index (χ2n) is 1.72. The standard InChI is InChI=1S/C6H5ClO4/c7-4(1-2-8)5(9)3-6(10)11/h1,4H,3H2,(H,10,11). The summed E-state index contributed by atoms with van der Waals surface area (Å²) < 4.78 is 0. The van der Waals surface area contributed by atoms with Crippen LogP contribution in [0.25, 0.3) is 0 Å². The largest absolute Gasteiger partial charge is 0.481 e. The van der Waals surface area contributed by atoms with Gasteiger partial charge in [0.1, 0.15) is 17.7 Å². The molecule has 0 fully saturated rings. The summed E-state index contributed by atoms with van der Waals surface area (Å²) in [6, 6.07) is 0. The third kappa shape index (κ3) is 4.31. The van der Waals surface area contributed by atoms with Crippen molar-refractivity contribution in [2.45, 2.75) is 11.8 Å². The van der Waals surface area contributed by atoms with Gasteiger partial charge in [-0.15, -0.1) is 11.6 Å². The zero-order chi connectivity index (χ0) is 8.85. The first kappa shape index (κ1) is 9.88. The van der Waals surface area contributed by atoms with Crippen molar-refractivity contribution < 1.29 is 19.5 Å². The summed E-state index contributed by atoms with van der Waals surface area (Å²) in [6.07, 6.45) is 0.0964. The Kier molecular flexibility index (Phi) is 4.18. The number of alkyl halides is 1. The van der Waals surface area contributed by atoms with E-state index in [0.29, 0.717) is 0 Å². The van der Waals surface area contributed by atoms with E-state index >= 15 is 0 Å². The van der Waals surface area contributed by atoms with Crippen LogP contribution in [0.4, 0.5) is 0 Å². The van der Waals surface area contributed by atoms with Crippen molar-refractivity contribution in [2.75, 3.05) is 0 Å². The average molecular weight is 177 g/mol. The van der Waals surface area contributed by atoms with E-state index in [9.17, 15) is 14.4 Å². The van der Waals surface area contributed by atoms with Crippen molar-refractivity contribution in [1.82, 2.24) is 0 Å². The molecule has 0 aromatic heterocycles. The van der Waals surface area contributed by atoms with Crippen molar-refractivity contribution in [3.8, 4) is 0 Å². The van der Waals surface area contributed by atoms with E-state index in [-0.39, 0.29) is 0 Å². The molecule has 0 aliphatic carbocycles. The Labute approximate surface area is 67.5 Å². The lowest BCUT2D eigenvalue weighted by Gasteiger charge is -1.96. The second kappa shape index (κ2) is 4.66. The van der Waals surface area contributed by atoms with Crippen LogP contribution in [-0.2, 0) is 14.4 Å². The number of allylic oxidation sites excluding steroid dienone is 1. The Bertz CT molecular complexity index is 217. The number of aliphatic carboxylic acids is 1. The van der Waals surface area contributed by atoms with Gasteiger partial charge in [0, 0.05) is 6.08 Å². The zero-order valence-electron chi connectivity index (χ0n) is 5.41. The van der Waals surface area contributed by atoms with Crippen LogP contribution in [0.15, 0.2) is 6.08 Å². The van der Waals surface area contributed by atoms with E-state index < -0.39 is 23.6 Å². The van der Waals surface area contributed by atoms with Crippen molar-refractivity contribution in [2.24, 2.45) is 0 Å². The molecule has 0 heterocycles. The second-order valence-corrected chi connectivity index (χ2v) is 2.19. The zero-order valence-corrected chi connectivity index (χ0v) is 6.17. The van der Waals surface area contributed by atoms with Gasteiger partial charge in [-0.05, 0) is 0 Å². The van der Waals surface area contributed by atoms with Crippen LogP contribution >= 0.6 is 11.6 Å². The molecule has 1 N–H and O–H groups in total. The number of carbonyl (C=O) groups is 2. The molecule has 60 valence electrons. The number of halogens is 1. The fourth-order valence-electron chi connectivity index (χ4n) is 0.399.